The van der Waals surface area contributed by atoms with Gasteiger partial charge >= 0.3 is 0 Å². The Hall–Kier alpha value is -1.70. The largest absolute Gasteiger partial charge is 0.294 e. The van der Waals surface area contributed by atoms with Gasteiger partial charge in [-0.15, -0.1) is 0 Å². The first-order valence-electron chi connectivity index (χ1n) is 8.09. The Morgan fingerprint density at radius 3 is 2.90 bits per heavy atom. The fourth-order valence-electron chi connectivity index (χ4n) is 3.63. The number of hydrogen-bond donors (Lipinski definition) is 0. The van der Waals surface area contributed by atoms with Crippen molar-refractivity contribution in [3.63, 3.8) is 0 Å². The second kappa shape index (κ2) is 5.97. The fourth-order valence-corrected chi connectivity index (χ4v) is 3.63. The molecule has 1 aromatic carbocycles. The number of aryl methyl sites for hydroxylation is 1. The lowest BCUT2D eigenvalue weighted by atomic mass is 9.76. The normalized spacial score (nSPS) is 22.4. The molecule has 0 spiro atoms. The average Bonchev–Trinajstić information content (AvgIpc) is 2.53. The van der Waals surface area contributed by atoms with Crippen LogP contribution in [0.2, 0.25) is 0 Å². The van der Waals surface area contributed by atoms with E-state index >= 15 is 0 Å². The van der Waals surface area contributed by atoms with Gasteiger partial charge in [0.2, 0.25) is 0 Å². The van der Waals surface area contributed by atoms with Crippen LogP contribution in [0.5, 0.6) is 0 Å². The van der Waals surface area contributed by atoms with Gasteiger partial charge in [-0.2, -0.15) is 0 Å². The third-order valence-corrected chi connectivity index (χ3v) is 4.84. The molecule has 1 saturated carbocycles. The summed E-state index contributed by atoms with van der Waals surface area (Å²) < 4.78 is 0. The smallest absolute Gasteiger partial charge is 0.166 e. The van der Waals surface area contributed by atoms with Crippen LogP contribution in [0.1, 0.15) is 55.1 Å². The number of benzene rings is 1. The van der Waals surface area contributed by atoms with E-state index in [1.807, 2.05) is 37.3 Å². The summed E-state index contributed by atoms with van der Waals surface area (Å²) in [6.07, 6.45) is 5.78. The van der Waals surface area contributed by atoms with Crippen molar-refractivity contribution in [2.75, 3.05) is 0 Å². The summed E-state index contributed by atoms with van der Waals surface area (Å²) >= 11 is 0. The molecule has 110 valence electrons. The number of nitrogens with zero attached hydrogens (tertiary/aromatic N) is 1. The summed E-state index contributed by atoms with van der Waals surface area (Å²) in [5, 5.41) is 1.01. The molecule has 0 N–H and O–H groups in total. The molecule has 2 heteroatoms. The monoisotopic (exact) mass is 281 g/mol. The highest BCUT2D eigenvalue weighted by molar-refractivity contribution is 6.08. The van der Waals surface area contributed by atoms with Crippen LogP contribution in [0.15, 0.2) is 30.3 Å². The summed E-state index contributed by atoms with van der Waals surface area (Å²) in [7, 11) is 0. The SMILES string of the molecule is CCC1CCCC(C(=O)c2cc(C)nc3ccccc23)C1. The molecule has 0 aliphatic heterocycles. The number of hydrogen-bond acceptors (Lipinski definition) is 2. The summed E-state index contributed by atoms with van der Waals surface area (Å²) in [6, 6.07) is 9.97. The Balaban J connectivity index is 1.97. The van der Waals surface area contributed by atoms with Crippen LogP contribution in [0.3, 0.4) is 0 Å². The Bertz CT molecular complexity index is 662. The zero-order valence-electron chi connectivity index (χ0n) is 12.9. The maximum Gasteiger partial charge on any atom is 0.166 e. The molecule has 2 unspecified atom stereocenters. The summed E-state index contributed by atoms with van der Waals surface area (Å²) in [6.45, 7) is 4.21. The Labute approximate surface area is 126 Å². The van der Waals surface area contributed by atoms with E-state index in [0.29, 0.717) is 5.78 Å². The number of rotatable bonds is 3. The topological polar surface area (TPSA) is 30.0 Å². The van der Waals surface area contributed by atoms with Crippen LogP contribution in [-0.4, -0.2) is 10.8 Å². The van der Waals surface area contributed by atoms with Crippen molar-refractivity contribution in [1.29, 1.82) is 0 Å². The molecule has 2 atom stereocenters. The predicted molar refractivity (Wildman–Crippen MR) is 86.5 cm³/mol. The van der Waals surface area contributed by atoms with Crippen molar-refractivity contribution >= 4 is 16.7 Å². The molecular weight excluding hydrogens is 258 g/mol. The van der Waals surface area contributed by atoms with E-state index < -0.39 is 0 Å². The van der Waals surface area contributed by atoms with Crippen molar-refractivity contribution in [1.82, 2.24) is 4.98 Å². The van der Waals surface area contributed by atoms with Crippen LogP contribution in [-0.2, 0) is 0 Å². The van der Waals surface area contributed by atoms with Crippen molar-refractivity contribution in [3.8, 4) is 0 Å². The van der Waals surface area contributed by atoms with Gasteiger partial charge in [0.15, 0.2) is 5.78 Å². The maximum atomic E-state index is 13.0. The number of pyridine rings is 1. The molecule has 0 bridgehead atoms. The Kier molecular flexibility index (Phi) is 4.05. The molecule has 0 radical (unpaired) electrons. The standard InChI is InChI=1S/C19H23NO/c1-3-14-7-6-8-15(12-14)19(21)17-11-13(2)20-18-10-5-4-9-16(17)18/h4-5,9-11,14-15H,3,6-8,12H2,1-2H3. The summed E-state index contributed by atoms with van der Waals surface area (Å²) in [5.41, 5.74) is 2.74. The first kappa shape index (κ1) is 14.2. The highest BCUT2D eigenvalue weighted by Gasteiger charge is 2.28. The molecule has 2 nitrogen and oxygen atoms in total. The molecule has 1 aromatic heterocycles. The molecule has 1 aliphatic carbocycles. The van der Waals surface area contributed by atoms with Crippen molar-refractivity contribution in [3.05, 3.63) is 41.6 Å². The second-order valence-electron chi connectivity index (χ2n) is 6.33. The minimum Gasteiger partial charge on any atom is -0.294 e. The van der Waals surface area contributed by atoms with Crippen LogP contribution in [0.25, 0.3) is 10.9 Å². The molecule has 0 saturated heterocycles. The van der Waals surface area contributed by atoms with Crippen LogP contribution in [0.4, 0.5) is 0 Å². The van der Waals surface area contributed by atoms with Gasteiger partial charge in [-0.05, 0) is 37.8 Å². The van der Waals surface area contributed by atoms with E-state index in [-0.39, 0.29) is 5.92 Å². The van der Waals surface area contributed by atoms with Gasteiger partial charge in [0, 0.05) is 22.6 Å². The number of carbonyl (C=O) groups excluding carboxylic acids is 1. The first-order chi connectivity index (χ1) is 10.2. The number of ketones is 1. The van der Waals surface area contributed by atoms with Crippen LogP contribution >= 0.6 is 0 Å². The van der Waals surface area contributed by atoms with Gasteiger partial charge in [0.1, 0.15) is 0 Å². The van der Waals surface area contributed by atoms with Crippen LogP contribution in [0, 0.1) is 18.8 Å². The number of aromatic nitrogens is 1. The fraction of sp³-hybridized carbons (Fsp3) is 0.474. The molecule has 1 fully saturated rings. The Morgan fingerprint density at radius 2 is 2.10 bits per heavy atom. The summed E-state index contributed by atoms with van der Waals surface area (Å²) in [5.74, 6) is 1.26. The lowest BCUT2D eigenvalue weighted by Gasteiger charge is -2.27. The number of para-hydroxylation sites is 1. The van der Waals surface area contributed by atoms with Crippen molar-refractivity contribution in [2.45, 2.75) is 46.0 Å². The predicted octanol–water partition coefficient (Wildman–Crippen LogP) is 4.94. The van der Waals surface area contributed by atoms with E-state index in [0.717, 1.165) is 40.9 Å². The van der Waals surface area contributed by atoms with Gasteiger partial charge in [-0.1, -0.05) is 44.4 Å². The zero-order chi connectivity index (χ0) is 14.8. The number of Topliss-reactive ketones (excluding diaryl/α,β-unsaturated/α-hetero) is 1. The van der Waals surface area contributed by atoms with E-state index in [1.165, 1.54) is 19.3 Å². The van der Waals surface area contributed by atoms with E-state index in [9.17, 15) is 4.79 Å². The molecule has 0 amide bonds. The molecule has 1 heterocycles. The van der Waals surface area contributed by atoms with Crippen molar-refractivity contribution < 1.29 is 4.79 Å². The molecule has 2 aromatic rings. The third-order valence-electron chi connectivity index (χ3n) is 4.84. The van der Waals surface area contributed by atoms with E-state index in [4.69, 9.17) is 0 Å². The van der Waals surface area contributed by atoms with Gasteiger partial charge < -0.3 is 0 Å². The van der Waals surface area contributed by atoms with E-state index in [1.54, 1.807) is 0 Å². The van der Waals surface area contributed by atoms with Gasteiger partial charge in [0.05, 0.1) is 5.52 Å². The van der Waals surface area contributed by atoms with Crippen molar-refractivity contribution in [2.24, 2.45) is 11.8 Å². The molecule has 1 aliphatic rings. The van der Waals surface area contributed by atoms with Gasteiger partial charge in [0.25, 0.3) is 0 Å². The lowest BCUT2D eigenvalue weighted by Crippen LogP contribution is -2.23. The first-order valence-corrected chi connectivity index (χ1v) is 8.09. The second-order valence-corrected chi connectivity index (χ2v) is 6.33. The van der Waals surface area contributed by atoms with Gasteiger partial charge in [-0.25, -0.2) is 0 Å². The van der Waals surface area contributed by atoms with Crippen LogP contribution < -0.4 is 0 Å². The minimum absolute atomic E-state index is 0.203. The lowest BCUT2D eigenvalue weighted by molar-refractivity contribution is 0.0863. The summed E-state index contributed by atoms with van der Waals surface area (Å²) in [4.78, 5) is 17.5. The number of carbonyl (C=O) groups is 1. The zero-order valence-corrected chi connectivity index (χ0v) is 12.9. The third kappa shape index (κ3) is 2.85. The quantitative estimate of drug-likeness (QED) is 0.746. The van der Waals surface area contributed by atoms with E-state index in [2.05, 4.69) is 11.9 Å². The molecular formula is C19H23NO. The minimum atomic E-state index is 0.203. The Morgan fingerprint density at radius 1 is 1.29 bits per heavy atom. The highest BCUT2D eigenvalue weighted by Crippen LogP contribution is 2.34. The molecule has 21 heavy (non-hydrogen) atoms. The highest BCUT2D eigenvalue weighted by atomic mass is 16.1. The number of fused-ring (bicyclic) bond motifs is 1. The molecule has 3 rings (SSSR count). The van der Waals surface area contributed by atoms with Gasteiger partial charge in [-0.3, -0.25) is 9.78 Å². The maximum absolute atomic E-state index is 13.0. The average molecular weight is 281 g/mol.